The smallest absolute Gasteiger partial charge is 0.251 e. The molecule has 164 valence electrons. The van der Waals surface area contributed by atoms with Crippen molar-refractivity contribution < 1.29 is 9.59 Å². The minimum absolute atomic E-state index is 0.0417. The number of benzene rings is 2. The Bertz CT molecular complexity index is 1130. The van der Waals surface area contributed by atoms with Gasteiger partial charge in [0, 0.05) is 24.3 Å². The summed E-state index contributed by atoms with van der Waals surface area (Å²) in [4.78, 5) is 27.2. The largest absolute Gasteiger partial charge is 0.342 e. The number of aromatic nitrogens is 3. The van der Waals surface area contributed by atoms with Crippen LogP contribution < -0.4 is 10.2 Å². The maximum Gasteiger partial charge on any atom is 0.251 e. The summed E-state index contributed by atoms with van der Waals surface area (Å²) in [7, 11) is 0. The third-order valence-corrected chi connectivity index (χ3v) is 6.29. The molecule has 3 aromatic rings. The maximum atomic E-state index is 12.9. The van der Waals surface area contributed by atoms with Gasteiger partial charge in [-0.25, -0.2) is 0 Å². The molecular weight excluding hydrogens is 422 g/mol. The normalized spacial score (nSPS) is 13.5. The highest BCUT2D eigenvalue weighted by Crippen LogP contribution is 2.29. The zero-order valence-corrected chi connectivity index (χ0v) is 18.7. The standard InChI is InChI=1S/C24H25N5O2S/c1-3-14-29-22(17(2)25-23(31)19-10-5-4-6-11-19)26-27-24(29)32-16-21(30)28-15-13-18-9-7-8-12-20(18)28/h3-12,17H,1,13-16H2,2H3,(H,25,31)/t17-/m0/s1. The third kappa shape index (κ3) is 4.60. The van der Waals surface area contributed by atoms with Crippen molar-refractivity contribution in [1.82, 2.24) is 20.1 Å². The average Bonchev–Trinajstić information content (AvgIpc) is 3.42. The lowest BCUT2D eigenvalue weighted by molar-refractivity contribution is -0.116. The van der Waals surface area contributed by atoms with E-state index in [-0.39, 0.29) is 23.6 Å². The van der Waals surface area contributed by atoms with Gasteiger partial charge in [0.25, 0.3) is 5.91 Å². The minimum Gasteiger partial charge on any atom is -0.342 e. The van der Waals surface area contributed by atoms with Crippen molar-refractivity contribution in [2.45, 2.75) is 31.1 Å². The summed E-state index contributed by atoms with van der Waals surface area (Å²) in [6, 6.07) is 16.7. The van der Waals surface area contributed by atoms with Crippen LogP contribution in [0.1, 0.15) is 34.7 Å². The van der Waals surface area contributed by atoms with Crippen LogP contribution in [0.25, 0.3) is 0 Å². The Morgan fingerprint density at radius 1 is 1.16 bits per heavy atom. The average molecular weight is 448 g/mol. The molecule has 0 saturated carbocycles. The highest BCUT2D eigenvalue weighted by atomic mass is 32.2. The van der Waals surface area contributed by atoms with Crippen LogP contribution >= 0.6 is 11.8 Å². The fourth-order valence-electron chi connectivity index (χ4n) is 3.76. The number of nitrogens with one attached hydrogen (secondary N) is 1. The number of allylic oxidation sites excluding steroid dienone is 1. The van der Waals surface area contributed by atoms with Crippen LogP contribution in [0.15, 0.2) is 72.4 Å². The zero-order valence-electron chi connectivity index (χ0n) is 17.9. The molecule has 2 aromatic carbocycles. The molecule has 1 aromatic heterocycles. The quantitative estimate of drug-likeness (QED) is 0.421. The Morgan fingerprint density at radius 3 is 2.69 bits per heavy atom. The van der Waals surface area contributed by atoms with Crippen LogP contribution in [-0.4, -0.2) is 38.9 Å². The van der Waals surface area contributed by atoms with Gasteiger partial charge in [0.05, 0.1) is 11.8 Å². The second kappa shape index (κ2) is 9.82. The van der Waals surface area contributed by atoms with Gasteiger partial charge in [0.1, 0.15) is 0 Å². The van der Waals surface area contributed by atoms with Crippen LogP contribution in [0.2, 0.25) is 0 Å². The number of thioether (sulfide) groups is 1. The molecule has 32 heavy (non-hydrogen) atoms. The molecule has 8 heteroatoms. The van der Waals surface area contributed by atoms with Gasteiger partial charge in [0.2, 0.25) is 5.91 Å². The Morgan fingerprint density at radius 2 is 1.91 bits per heavy atom. The summed E-state index contributed by atoms with van der Waals surface area (Å²) in [6.07, 6.45) is 2.63. The van der Waals surface area contributed by atoms with Crippen LogP contribution in [-0.2, 0) is 17.8 Å². The van der Waals surface area contributed by atoms with E-state index in [1.165, 1.54) is 17.3 Å². The number of fused-ring (bicyclic) bond motifs is 1. The molecule has 1 aliphatic heterocycles. The van der Waals surface area contributed by atoms with Crippen LogP contribution in [0.5, 0.6) is 0 Å². The number of hydrogen-bond donors (Lipinski definition) is 1. The lowest BCUT2D eigenvalue weighted by Gasteiger charge is -2.17. The van der Waals surface area contributed by atoms with Gasteiger partial charge in [0.15, 0.2) is 11.0 Å². The molecule has 0 fully saturated rings. The molecule has 2 heterocycles. The van der Waals surface area contributed by atoms with Crippen molar-refractivity contribution in [3.63, 3.8) is 0 Å². The lowest BCUT2D eigenvalue weighted by Crippen LogP contribution is -2.30. The van der Waals surface area contributed by atoms with Gasteiger partial charge in [-0.05, 0) is 37.1 Å². The molecule has 7 nitrogen and oxygen atoms in total. The molecule has 0 bridgehead atoms. The Kier molecular flexibility index (Phi) is 6.70. The van der Waals surface area contributed by atoms with Gasteiger partial charge in [-0.15, -0.1) is 16.8 Å². The van der Waals surface area contributed by atoms with Crippen LogP contribution in [0, 0.1) is 0 Å². The number of rotatable bonds is 8. The Balaban J connectivity index is 1.44. The Hall–Kier alpha value is -3.39. The van der Waals surface area contributed by atoms with Crippen molar-refractivity contribution >= 4 is 29.3 Å². The van der Waals surface area contributed by atoms with Gasteiger partial charge in [-0.2, -0.15) is 0 Å². The monoisotopic (exact) mass is 447 g/mol. The van der Waals surface area contributed by atoms with Crippen LogP contribution in [0.3, 0.4) is 0 Å². The van der Waals surface area contributed by atoms with Crippen molar-refractivity contribution in [2.24, 2.45) is 0 Å². The van der Waals surface area contributed by atoms with E-state index < -0.39 is 0 Å². The minimum atomic E-state index is -0.356. The molecule has 1 N–H and O–H groups in total. The summed E-state index contributed by atoms with van der Waals surface area (Å²) in [5.41, 5.74) is 2.77. The van der Waals surface area contributed by atoms with Crippen LogP contribution in [0.4, 0.5) is 5.69 Å². The maximum absolute atomic E-state index is 12.9. The van der Waals surface area contributed by atoms with E-state index >= 15 is 0 Å². The number of carbonyl (C=O) groups excluding carboxylic acids is 2. The number of para-hydroxylation sites is 1. The molecule has 0 unspecified atom stereocenters. The van der Waals surface area contributed by atoms with E-state index in [1.807, 2.05) is 52.8 Å². The first kappa shape index (κ1) is 21.8. The lowest BCUT2D eigenvalue weighted by atomic mass is 10.2. The third-order valence-electron chi connectivity index (χ3n) is 5.34. The number of anilines is 1. The highest BCUT2D eigenvalue weighted by molar-refractivity contribution is 7.99. The number of hydrogen-bond acceptors (Lipinski definition) is 5. The molecule has 0 aliphatic carbocycles. The first-order chi connectivity index (χ1) is 15.6. The number of carbonyl (C=O) groups is 2. The van der Waals surface area contributed by atoms with E-state index in [0.29, 0.717) is 29.6 Å². The molecule has 0 radical (unpaired) electrons. The number of amides is 2. The summed E-state index contributed by atoms with van der Waals surface area (Å²) in [5, 5.41) is 12.2. The van der Waals surface area contributed by atoms with E-state index in [2.05, 4.69) is 28.2 Å². The second-order valence-corrected chi connectivity index (χ2v) is 8.46. The van der Waals surface area contributed by atoms with E-state index in [0.717, 1.165) is 12.1 Å². The first-order valence-electron chi connectivity index (χ1n) is 10.5. The summed E-state index contributed by atoms with van der Waals surface area (Å²) in [5.74, 6) is 0.744. The fourth-order valence-corrected chi connectivity index (χ4v) is 4.59. The highest BCUT2D eigenvalue weighted by Gasteiger charge is 2.25. The van der Waals surface area contributed by atoms with Gasteiger partial charge in [-0.3, -0.25) is 9.59 Å². The molecule has 0 saturated heterocycles. The van der Waals surface area contributed by atoms with Gasteiger partial charge < -0.3 is 14.8 Å². The van der Waals surface area contributed by atoms with Crippen molar-refractivity contribution in [3.8, 4) is 0 Å². The van der Waals surface area contributed by atoms with E-state index in [9.17, 15) is 9.59 Å². The van der Waals surface area contributed by atoms with Crippen molar-refractivity contribution in [3.05, 3.63) is 84.2 Å². The predicted molar refractivity (Wildman–Crippen MR) is 126 cm³/mol. The molecule has 2 amide bonds. The number of nitrogens with zero attached hydrogens (tertiary/aromatic N) is 4. The summed E-state index contributed by atoms with van der Waals surface area (Å²) >= 11 is 1.35. The first-order valence-corrected chi connectivity index (χ1v) is 11.5. The Labute approximate surface area is 191 Å². The fraction of sp³-hybridized carbons (Fsp3) is 0.250. The SMILES string of the molecule is C=CCn1c(SCC(=O)N2CCc3ccccc32)nnc1[C@H](C)NC(=O)c1ccccc1. The van der Waals surface area contributed by atoms with Crippen molar-refractivity contribution in [1.29, 1.82) is 0 Å². The molecule has 1 aliphatic rings. The van der Waals surface area contributed by atoms with Gasteiger partial charge in [-0.1, -0.05) is 54.2 Å². The topological polar surface area (TPSA) is 80.1 Å². The van der Waals surface area contributed by atoms with Crippen molar-refractivity contribution in [2.75, 3.05) is 17.2 Å². The second-order valence-electron chi connectivity index (χ2n) is 7.51. The molecule has 4 rings (SSSR count). The van der Waals surface area contributed by atoms with E-state index in [4.69, 9.17) is 0 Å². The van der Waals surface area contributed by atoms with E-state index in [1.54, 1.807) is 18.2 Å². The zero-order chi connectivity index (χ0) is 22.5. The molecule has 1 atom stereocenters. The summed E-state index contributed by atoms with van der Waals surface area (Å²) < 4.78 is 1.89. The molecular formula is C24H25N5O2S. The van der Waals surface area contributed by atoms with Gasteiger partial charge >= 0.3 is 0 Å². The predicted octanol–water partition coefficient (Wildman–Crippen LogP) is 3.64. The molecule has 0 spiro atoms. The summed E-state index contributed by atoms with van der Waals surface area (Å²) in [6.45, 7) is 6.87.